The Balaban J connectivity index is 1.92. The van der Waals surface area contributed by atoms with E-state index in [1.807, 2.05) is 19.1 Å². The average Bonchev–Trinajstić information content (AvgIpc) is 3.07. The molecule has 3 N–H and O–H groups in total. The summed E-state index contributed by atoms with van der Waals surface area (Å²) in [6.45, 7) is 1.91. The zero-order valence-corrected chi connectivity index (χ0v) is 13.9. The van der Waals surface area contributed by atoms with Gasteiger partial charge in [0.1, 0.15) is 0 Å². The van der Waals surface area contributed by atoms with Crippen molar-refractivity contribution in [2.45, 2.75) is 6.92 Å². The molecule has 1 aliphatic rings. The molecule has 0 saturated carbocycles. The van der Waals surface area contributed by atoms with Crippen LogP contribution in [0, 0.1) is 6.92 Å². The number of aromatic amines is 1. The van der Waals surface area contributed by atoms with Crippen molar-refractivity contribution in [2.24, 2.45) is 0 Å². The first-order valence-electron chi connectivity index (χ1n) is 8.09. The maximum atomic E-state index is 12.8. The molecule has 1 heterocycles. The van der Waals surface area contributed by atoms with E-state index in [1.165, 1.54) is 0 Å². The third-order valence-electron chi connectivity index (χ3n) is 4.61. The van der Waals surface area contributed by atoms with Gasteiger partial charge in [0.05, 0.1) is 11.1 Å². The molecule has 5 nitrogen and oxygen atoms in total. The van der Waals surface area contributed by atoms with Crippen molar-refractivity contribution in [3.05, 3.63) is 82.9 Å². The third-order valence-corrected chi connectivity index (χ3v) is 4.61. The molecular formula is C21H15NO4. The van der Waals surface area contributed by atoms with E-state index in [4.69, 9.17) is 0 Å². The summed E-state index contributed by atoms with van der Waals surface area (Å²) < 4.78 is 0. The van der Waals surface area contributed by atoms with Gasteiger partial charge in [0.2, 0.25) is 11.6 Å². The van der Waals surface area contributed by atoms with Crippen molar-refractivity contribution >= 4 is 33.6 Å². The van der Waals surface area contributed by atoms with E-state index in [-0.39, 0.29) is 11.1 Å². The molecule has 0 atom stereocenters. The highest BCUT2D eigenvalue weighted by Crippen LogP contribution is 2.36. The number of hydrogen-bond donors (Lipinski definition) is 3. The molecule has 0 aliphatic heterocycles. The highest BCUT2D eigenvalue weighted by atomic mass is 16.3. The molecule has 4 rings (SSSR count). The van der Waals surface area contributed by atoms with Crippen LogP contribution in [0.4, 0.5) is 0 Å². The number of carbonyl (C=O) groups is 2. The van der Waals surface area contributed by atoms with E-state index in [9.17, 15) is 19.8 Å². The highest BCUT2D eigenvalue weighted by Gasteiger charge is 2.37. The topological polar surface area (TPSA) is 90.4 Å². The summed E-state index contributed by atoms with van der Waals surface area (Å²) in [6.07, 6.45) is 1.56. The van der Waals surface area contributed by atoms with Crippen LogP contribution >= 0.6 is 0 Å². The highest BCUT2D eigenvalue weighted by molar-refractivity contribution is 6.47. The normalized spacial score (nSPS) is 15.3. The Hall–Kier alpha value is -3.60. The molecule has 0 amide bonds. The maximum absolute atomic E-state index is 12.8. The third kappa shape index (κ3) is 2.18. The van der Waals surface area contributed by atoms with Gasteiger partial charge in [-0.15, -0.1) is 0 Å². The van der Waals surface area contributed by atoms with E-state index in [2.05, 4.69) is 4.98 Å². The van der Waals surface area contributed by atoms with Crippen LogP contribution in [0.15, 0.2) is 66.2 Å². The number of allylic oxidation sites excluding steroid dienone is 2. The van der Waals surface area contributed by atoms with Gasteiger partial charge in [-0.2, -0.15) is 0 Å². The Labute approximate surface area is 148 Å². The monoisotopic (exact) mass is 345 g/mol. The number of aryl methyl sites for hydroxylation is 1. The fraction of sp³-hybridized carbons (Fsp3) is 0.0476. The van der Waals surface area contributed by atoms with Crippen molar-refractivity contribution in [1.82, 2.24) is 4.98 Å². The van der Waals surface area contributed by atoms with Crippen LogP contribution in [-0.2, 0) is 9.59 Å². The summed E-state index contributed by atoms with van der Waals surface area (Å²) in [5, 5.41) is 21.6. The van der Waals surface area contributed by atoms with Gasteiger partial charge in [0, 0.05) is 22.7 Å². The minimum atomic E-state index is -0.775. The van der Waals surface area contributed by atoms with Crippen LogP contribution in [0.3, 0.4) is 0 Å². The van der Waals surface area contributed by atoms with E-state index < -0.39 is 23.1 Å². The van der Waals surface area contributed by atoms with Crippen molar-refractivity contribution in [2.75, 3.05) is 0 Å². The smallest absolute Gasteiger partial charge is 0.232 e. The standard InChI is InChI=1S/C21H15NO4/c1-11-6-5-9-13-14(10-22-17(11)13)16-20(25)18(23)15(19(24)21(16)26)12-7-3-2-4-8-12/h2-10,22-23,26H,1H3. The molecule has 1 aromatic heterocycles. The molecular weight excluding hydrogens is 330 g/mol. The van der Waals surface area contributed by atoms with Crippen molar-refractivity contribution in [3.8, 4) is 0 Å². The van der Waals surface area contributed by atoms with Gasteiger partial charge in [0.25, 0.3) is 0 Å². The Morgan fingerprint density at radius 2 is 1.46 bits per heavy atom. The fourth-order valence-electron chi connectivity index (χ4n) is 3.31. The summed E-state index contributed by atoms with van der Waals surface area (Å²) in [7, 11) is 0. The van der Waals surface area contributed by atoms with E-state index in [0.717, 1.165) is 11.1 Å². The quantitative estimate of drug-likeness (QED) is 0.615. The van der Waals surface area contributed by atoms with Crippen LogP contribution in [0.2, 0.25) is 0 Å². The second-order valence-electron chi connectivity index (χ2n) is 6.17. The van der Waals surface area contributed by atoms with Crippen molar-refractivity contribution < 1.29 is 19.8 Å². The van der Waals surface area contributed by atoms with Crippen molar-refractivity contribution in [1.29, 1.82) is 0 Å². The fourth-order valence-corrected chi connectivity index (χ4v) is 3.31. The number of nitrogens with one attached hydrogen (secondary N) is 1. The van der Waals surface area contributed by atoms with Crippen LogP contribution < -0.4 is 0 Å². The number of ketones is 2. The molecule has 3 aromatic rings. The summed E-state index contributed by atoms with van der Waals surface area (Å²) in [5.74, 6) is -2.86. The lowest BCUT2D eigenvalue weighted by molar-refractivity contribution is -0.116. The second-order valence-corrected chi connectivity index (χ2v) is 6.17. The number of carbonyl (C=O) groups excluding carboxylic acids is 2. The first-order chi connectivity index (χ1) is 12.5. The summed E-state index contributed by atoms with van der Waals surface area (Å²) in [5.41, 5.74) is 2.16. The maximum Gasteiger partial charge on any atom is 0.232 e. The molecule has 1 aliphatic carbocycles. The van der Waals surface area contributed by atoms with Gasteiger partial charge >= 0.3 is 0 Å². The Morgan fingerprint density at radius 3 is 2.19 bits per heavy atom. The van der Waals surface area contributed by atoms with E-state index in [1.54, 1.807) is 42.6 Å². The number of aliphatic hydroxyl groups excluding tert-OH is 2. The lowest BCUT2D eigenvalue weighted by Crippen LogP contribution is -2.22. The minimum absolute atomic E-state index is 0.187. The Kier molecular flexibility index (Phi) is 3.51. The van der Waals surface area contributed by atoms with E-state index >= 15 is 0 Å². The van der Waals surface area contributed by atoms with Gasteiger partial charge in [0.15, 0.2) is 11.5 Å². The van der Waals surface area contributed by atoms with Gasteiger partial charge in [-0.25, -0.2) is 0 Å². The van der Waals surface area contributed by atoms with Gasteiger partial charge < -0.3 is 15.2 Å². The summed E-state index contributed by atoms with van der Waals surface area (Å²) in [6, 6.07) is 13.9. The van der Waals surface area contributed by atoms with Gasteiger partial charge in [-0.3, -0.25) is 9.59 Å². The first kappa shape index (κ1) is 15.9. The number of para-hydroxylation sites is 1. The lowest BCUT2D eigenvalue weighted by Gasteiger charge is -2.18. The lowest BCUT2D eigenvalue weighted by atomic mass is 9.86. The number of fused-ring (bicyclic) bond motifs is 1. The van der Waals surface area contributed by atoms with Gasteiger partial charge in [-0.1, -0.05) is 48.5 Å². The summed E-state index contributed by atoms with van der Waals surface area (Å²) >= 11 is 0. The van der Waals surface area contributed by atoms with Crippen LogP contribution in [0.5, 0.6) is 0 Å². The number of benzene rings is 2. The number of aromatic nitrogens is 1. The van der Waals surface area contributed by atoms with Crippen LogP contribution in [0.25, 0.3) is 22.0 Å². The number of rotatable bonds is 2. The second kappa shape index (κ2) is 5.74. The van der Waals surface area contributed by atoms with Crippen molar-refractivity contribution in [3.63, 3.8) is 0 Å². The molecule has 2 aromatic carbocycles. The number of hydrogen-bond acceptors (Lipinski definition) is 4. The molecule has 0 saturated heterocycles. The van der Waals surface area contributed by atoms with E-state index in [0.29, 0.717) is 16.5 Å². The predicted octanol–water partition coefficient (Wildman–Crippen LogP) is 3.87. The summed E-state index contributed by atoms with van der Waals surface area (Å²) in [4.78, 5) is 28.6. The zero-order valence-electron chi connectivity index (χ0n) is 13.9. The number of Topliss-reactive ketones (excluding diaryl/α,β-unsaturated/α-hetero) is 2. The molecule has 128 valence electrons. The predicted molar refractivity (Wildman–Crippen MR) is 98.6 cm³/mol. The van der Waals surface area contributed by atoms with Crippen LogP contribution in [0.1, 0.15) is 16.7 Å². The minimum Gasteiger partial charge on any atom is -0.504 e. The molecule has 0 spiro atoms. The molecule has 0 radical (unpaired) electrons. The van der Waals surface area contributed by atoms with Gasteiger partial charge in [-0.05, 0) is 18.1 Å². The number of aliphatic hydroxyl groups is 2. The molecule has 0 bridgehead atoms. The van der Waals surface area contributed by atoms with Crippen LogP contribution in [-0.4, -0.2) is 26.8 Å². The molecule has 0 fully saturated rings. The SMILES string of the molecule is Cc1cccc2c(C3=C(O)C(=O)C(c4ccccc4)=C(O)C3=O)c[nH]c12. The molecule has 0 unspecified atom stereocenters. The molecule has 26 heavy (non-hydrogen) atoms. The number of H-pyrrole nitrogens is 1. The first-order valence-corrected chi connectivity index (χ1v) is 8.09. The molecule has 5 heteroatoms. The average molecular weight is 345 g/mol. The Morgan fingerprint density at radius 1 is 0.808 bits per heavy atom. The Bertz CT molecular complexity index is 1130. The largest absolute Gasteiger partial charge is 0.504 e. The zero-order chi connectivity index (χ0) is 18.4.